The molecule has 0 spiro atoms. The van der Waals surface area contributed by atoms with Gasteiger partial charge in [-0.05, 0) is 30.9 Å². The molecule has 1 aromatic rings. The summed E-state index contributed by atoms with van der Waals surface area (Å²) in [6.07, 6.45) is 4.80. The molecule has 0 unspecified atom stereocenters. The van der Waals surface area contributed by atoms with E-state index in [1.54, 1.807) is 0 Å². The summed E-state index contributed by atoms with van der Waals surface area (Å²) in [5, 5.41) is 0. The number of rotatable bonds is 4. The minimum atomic E-state index is 0.636. The van der Waals surface area contributed by atoms with Crippen LogP contribution in [-0.2, 0) is 6.42 Å². The first kappa shape index (κ1) is 10.3. The Labute approximate surface area is 82.0 Å². The molecule has 1 aromatic heterocycles. The molecule has 0 saturated heterocycles. The van der Waals surface area contributed by atoms with Crippen LogP contribution in [0.2, 0.25) is 0 Å². The van der Waals surface area contributed by atoms with E-state index in [0.717, 1.165) is 12.1 Å². The predicted octanol–water partition coefficient (Wildman–Crippen LogP) is 1.92. The van der Waals surface area contributed by atoms with Crippen LogP contribution >= 0.6 is 0 Å². The first-order valence-corrected chi connectivity index (χ1v) is 4.96. The van der Waals surface area contributed by atoms with E-state index in [1.165, 1.54) is 24.8 Å². The first-order chi connectivity index (χ1) is 6.24. The molecule has 0 amide bonds. The normalized spacial score (nSPS) is 10.3. The zero-order valence-electron chi connectivity index (χ0n) is 8.51. The third-order valence-electron chi connectivity index (χ3n) is 2.24. The number of unbranched alkanes of at least 4 members (excludes halogenated alkanes) is 2. The number of hydrogen-bond acceptors (Lipinski definition) is 1. The molecule has 0 atom stereocenters. The van der Waals surface area contributed by atoms with Crippen LogP contribution in [0.15, 0.2) is 12.1 Å². The van der Waals surface area contributed by atoms with Crippen molar-refractivity contribution >= 4 is 13.4 Å². The lowest BCUT2D eigenvalue weighted by Gasteiger charge is -2.05. The number of nitrogens with zero attached hydrogens (tertiary/aromatic N) is 1. The molecule has 1 nitrogen and oxygen atoms in total. The van der Waals surface area contributed by atoms with Crippen LogP contribution in [0.3, 0.4) is 0 Å². The summed E-state index contributed by atoms with van der Waals surface area (Å²) in [6.45, 7) is 4.30. The maximum atomic E-state index is 5.62. The highest BCUT2D eigenvalue weighted by Crippen LogP contribution is 2.07. The van der Waals surface area contributed by atoms with Crippen LogP contribution in [0.1, 0.15) is 37.4 Å². The molecule has 0 fully saturated rings. The Kier molecular flexibility index (Phi) is 4.00. The summed E-state index contributed by atoms with van der Waals surface area (Å²) < 4.78 is 0. The van der Waals surface area contributed by atoms with Crippen LogP contribution in [0.5, 0.6) is 0 Å². The summed E-state index contributed by atoms with van der Waals surface area (Å²) in [6, 6.07) is 3.91. The lowest BCUT2D eigenvalue weighted by atomic mass is 10.0. The maximum absolute atomic E-state index is 5.62. The second-order valence-electron chi connectivity index (χ2n) is 3.46. The Balaban J connectivity index is 2.59. The van der Waals surface area contributed by atoms with Crippen molar-refractivity contribution < 1.29 is 0 Å². The molecule has 0 saturated carbocycles. The van der Waals surface area contributed by atoms with Gasteiger partial charge in [-0.3, -0.25) is 4.98 Å². The average Bonchev–Trinajstić information content (AvgIpc) is 2.11. The van der Waals surface area contributed by atoms with Crippen LogP contribution in [-0.4, -0.2) is 12.8 Å². The number of aromatic nitrogens is 1. The Hall–Kier alpha value is -0.785. The van der Waals surface area contributed by atoms with Crippen molar-refractivity contribution in [1.82, 2.24) is 4.98 Å². The zero-order chi connectivity index (χ0) is 9.68. The topological polar surface area (TPSA) is 12.9 Å². The summed E-state index contributed by atoms with van der Waals surface area (Å²) in [4.78, 5) is 4.32. The standard InChI is InChI=1S/C11H16BN/c1-3-4-5-6-10-9(2)7-8-11(12)13-10/h7-8H,3-6H2,1-2H3. The molecule has 0 aliphatic carbocycles. The van der Waals surface area contributed by atoms with E-state index < -0.39 is 0 Å². The molecule has 13 heavy (non-hydrogen) atoms. The lowest BCUT2D eigenvalue weighted by molar-refractivity contribution is 0.706. The van der Waals surface area contributed by atoms with Gasteiger partial charge in [-0.2, -0.15) is 0 Å². The molecule has 1 rings (SSSR count). The van der Waals surface area contributed by atoms with E-state index in [-0.39, 0.29) is 0 Å². The van der Waals surface area contributed by atoms with Crippen LogP contribution in [0, 0.1) is 6.92 Å². The van der Waals surface area contributed by atoms with Crippen molar-refractivity contribution in [3.8, 4) is 0 Å². The van der Waals surface area contributed by atoms with Crippen molar-refractivity contribution in [3.63, 3.8) is 0 Å². The molecule has 0 aliphatic rings. The third kappa shape index (κ3) is 3.21. The van der Waals surface area contributed by atoms with Crippen molar-refractivity contribution in [3.05, 3.63) is 23.4 Å². The highest BCUT2D eigenvalue weighted by atomic mass is 14.7. The van der Waals surface area contributed by atoms with Gasteiger partial charge in [0.25, 0.3) is 0 Å². The minimum Gasteiger partial charge on any atom is -0.269 e. The fraction of sp³-hybridized carbons (Fsp3) is 0.545. The number of aryl methyl sites for hydroxylation is 2. The second-order valence-corrected chi connectivity index (χ2v) is 3.46. The van der Waals surface area contributed by atoms with Gasteiger partial charge in [0.2, 0.25) is 0 Å². The first-order valence-electron chi connectivity index (χ1n) is 4.96. The SMILES string of the molecule is [B]c1ccc(C)c(CCCCC)n1. The largest absolute Gasteiger partial charge is 0.269 e. The van der Waals surface area contributed by atoms with Gasteiger partial charge in [0, 0.05) is 5.69 Å². The van der Waals surface area contributed by atoms with Gasteiger partial charge in [0.15, 0.2) is 0 Å². The maximum Gasteiger partial charge on any atom is 0.141 e. The summed E-state index contributed by atoms with van der Waals surface area (Å²) in [5.41, 5.74) is 3.05. The van der Waals surface area contributed by atoms with Crippen molar-refractivity contribution in [1.29, 1.82) is 0 Å². The predicted molar refractivity (Wildman–Crippen MR) is 57.6 cm³/mol. The zero-order valence-corrected chi connectivity index (χ0v) is 8.51. The molecule has 0 aromatic carbocycles. The van der Waals surface area contributed by atoms with E-state index in [1.807, 2.05) is 12.1 Å². The molecule has 0 bridgehead atoms. The molecule has 2 heteroatoms. The Morgan fingerprint density at radius 2 is 2.08 bits per heavy atom. The van der Waals surface area contributed by atoms with Gasteiger partial charge >= 0.3 is 0 Å². The van der Waals surface area contributed by atoms with E-state index >= 15 is 0 Å². The van der Waals surface area contributed by atoms with E-state index in [9.17, 15) is 0 Å². The Morgan fingerprint density at radius 1 is 1.31 bits per heavy atom. The summed E-state index contributed by atoms with van der Waals surface area (Å²) in [5.74, 6) is 0. The van der Waals surface area contributed by atoms with Crippen molar-refractivity contribution in [2.24, 2.45) is 0 Å². The Bertz CT molecular complexity index is 271. The molecule has 1 heterocycles. The van der Waals surface area contributed by atoms with Gasteiger partial charge in [-0.1, -0.05) is 31.9 Å². The highest BCUT2D eigenvalue weighted by Gasteiger charge is 1.99. The highest BCUT2D eigenvalue weighted by molar-refractivity contribution is 6.30. The fourth-order valence-electron chi connectivity index (χ4n) is 1.38. The average molecular weight is 173 g/mol. The quantitative estimate of drug-likeness (QED) is 0.500. The van der Waals surface area contributed by atoms with E-state index in [2.05, 4.69) is 18.8 Å². The molecular weight excluding hydrogens is 157 g/mol. The molecular formula is C11H16BN. The van der Waals surface area contributed by atoms with Gasteiger partial charge in [0.1, 0.15) is 7.85 Å². The van der Waals surface area contributed by atoms with Gasteiger partial charge in [-0.25, -0.2) is 0 Å². The van der Waals surface area contributed by atoms with Crippen molar-refractivity contribution in [2.45, 2.75) is 39.5 Å². The minimum absolute atomic E-state index is 0.636. The van der Waals surface area contributed by atoms with E-state index in [4.69, 9.17) is 7.85 Å². The molecule has 68 valence electrons. The monoisotopic (exact) mass is 173 g/mol. The van der Waals surface area contributed by atoms with Crippen LogP contribution in [0.25, 0.3) is 0 Å². The Morgan fingerprint density at radius 3 is 2.77 bits per heavy atom. The molecule has 0 aliphatic heterocycles. The third-order valence-corrected chi connectivity index (χ3v) is 2.24. The van der Waals surface area contributed by atoms with Crippen LogP contribution in [0.4, 0.5) is 0 Å². The summed E-state index contributed by atoms with van der Waals surface area (Å²) >= 11 is 0. The second kappa shape index (κ2) is 5.06. The molecule has 2 radical (unpaired) electrons. The fourth-order valence-corrected chi connectivity index (χ4v) is 1.38. The van der Waals surface area contributed by atoms with E-state index in [0.29, 0.717) is 5.59 Å². The summed E-state index contributed by atoms with van der Waals surface area (Å²) in [7, 11) is 5.62. The van der Waals surface area contributed by atoms with Gasteiger partial charge in [-0.15, -0.1) is 0 Å². The van der Waals surface area contributed by atoms with Crippen molar-refractivity contribution in [2.75, 3.05) is 0 Å². The molecule has 0 N–H and O–H groups in total. The lowest BCUT2D eigenvalue weighted by Crippen LogP contribution is -2.11. The van der Waals surface area contributed by atoms with Gasteiger partial charge in [0.05, 0.1) is 0 Å². The van der Waals surface area contributed by atoms with Crippen LogP contribution < -0.4 is 5.59 Å². The number of hydrogen-bond donors (Lipinski definition) is 0. The smallest absolute Gasteiger partial charge is 0.141 e. The number of pyridine rings is 1. The van der Waals surface area contributed by atoms with Gasteiger partial charge < -0.3 is 0 Å².